The quantitative estimate of drug-likeness (QED) is 0.381. The highest BCUT2D eigenvalue weighted by atomic mass is 32.2. The van der Waals surface area contributed by atoms with E-state index in [9.17, 15) is 16.8 Å². The summed E-state index contributed by atoms with van der Waals surface area (Å²) in [7, 11) is -6.91. The Bertz CT molecular complexity index is 1390. The first-order valence-corrected chi connectivity index (χ1v) is 14.1. The van der Waals surface area contributed by atoms with Crippen molar-refractivity contribution in [2.24, 2.45) is 5.14 Å². The van der Waals surface area contributed by atoms with E-state index in [0.29, 0.717) is 29.9 Å². The van der Waals surface area contributed by atoms with Crippen molar-refractivity contribution in [3.8, 4) is 0 Å². The molecule has 3 rings (SSSR count). The van der Waals surface area contributed by atoms with E-state index in [-0.39, 0.29) is 22.3 Å². The van der Waals surface area contributed by atoms with Gasteiger partial charge in [0.05, 0.1) is 10.6 Å². The van der Waals surface area contributed by atoms with Crippen LogP contribution in [0.3, 0.4) is 0 Å². The van der Waals surface area contributed by atoms with E-state index in [1.54, 1.807) is 25.3 Å². The lowest BCUT2D eigenvalue weighted by molar-refractivity contribution is 0.593. The van der Waals surface area contributed by atoms with Crippen LogP contribution in [0.4, 0.5) is 23.1 Å². The van der Waals surface area contributed by atoms with Crippen LogP contribution in [0.25, 0.3) is 0 Å². The van der Waals surface area contributed by atoms with Crippen molar-refractivity contribution in [3.05, 3.63) is 65.4 Å². The van der Waals surface area contributed by atoms with Crippen molar-refractivity contribution in [3.63, 3.8) is 0 Å². The number of nitrogens with zero attached hydrogens (tertiary/aromatic N) is 2. The molecule has 9 nitrogen and oxygen atoms in total. The number of benzene rings is 2. The number of hydrogen-bond donors (Lipinski definition) is 3. The van der Waals surface area contributed by atoms with Crippen molar-refractivity contribution in [1.82, 2.24) is 9.97 Å². The van der Waals surface area contributed by atoms with Crippen molar-refractivity contribution in [2.45, 2.75) is 38.5 Å². The van der Waals surface area contributed by atoms with Crippen LogP contribution in [0.5, 0.6) is 0 Å². The van der Waals surface area contributed by atoms with Gasteiger partial charge in [-0.25, -0.2) is 27.0 Å². The summed E-state index contributed by atoms with van der Waals surface area (Å²) in [5.74, 6) is 1.15. The molecule has 0 radical (unpaired) electrons. The van der Waals surface area contributed by atoms with Gasteiger partial charge in [0, 0.05) is 28.9 Å². The van der Waals surface area contributed by atoms with E-state index < -0.39 is 19.9 Å². The highest BCUT2D eigenvalue weighted by Crippen LogP contribution is 2.24. The zero-order valence-electron chi connectivity index (χ0n) is 19.4. The van der Waals surface area contributed by atoms with Crippen molar-refractivity contribution < 1.29 is 16.8 Å². The second-order valence-electron chi connectivity index (χ2n) is 8.10. The van der Waals surface area contributed by atoms with Gasteiger partial charge in [0.1, 0.15) is 5.82 Å². The fourth-order valence-electron chi connectivity index (χ4n) is 3.37. The second-order valence-corrected chi connectivity index (χ2v) is 11.9. The first kappa shape index (κ1) is 25.6. The molecule has 1 heterocycles. The SMILES string of the molecule is CCCS(=O)(=O)CCc1cccc(Nc2nc(Nc3ccc(C)c(S(N)(=O)=O)c3)ncc2C)c1. The maximum atomic E-state index is 12.0. The molecular formula is C23H29N5O4S2. The Hall–Kier alpha value is -3.02. The first-order chi connectivity index (χ1) is 16.0. The number of sulfonamides is 1. The molecule has 182 valence electrons. The lowest BCUT2D eigenvalue weighted by atomic mass is 10.1. The van der Waals surface area contributed by atoms with Crippen LogP contribution >= 0.6 is 0 Å². The molecule has 0 saturated heterocycles. The van der Waals surface area contributed by atoms with Gasteiger partial charge in [-0.1, -0.05) is 25.1 Å². The Morgan fingerprint density at radius 1 is 0.912 bits per heavy atom. The third-order valence-corrected chi connectivity index (χ3v) is 8.04. The van der Waals surface area contributed by atoms with Crippen LogP contribution in [0, 0.1) is 13.8 Å². The fourth-order valence-corrected chi connectivity index (χ4v) is 5.55. The van der Waals surface area contributed by atoms with Gasteiger partial charge in [-0.3, -0.25) is 0 Å². The number of nitrogens with one attached hydrogen (secondary N) is 2. The number of anilines is 4. The van der Waals surface area contributed by atoms with E-state index in [0.717, 1.165) is 16.8 Å². The smallest absolute Gasteiger partial charge is 0.238 e. The summed E-state index contributed by atoms with van der Waals surface area (Å²) in [5.41, 5.74) is 3.51. The van der Waals surface area contributed by atoms with Crippen LogP contribution in [-0.2, 0) is 26.3 Å². The maximum Gasteiger partial charge on any atom is 0.238 e. The summed E-state index contributed by atoms with van der Waals surface area (Å²) in [6.45, 7) is 5.38. The van der Waals surface area contributed by atoms with Crippen LogP contribution < -0.4 is 15.8 Å². The van der Waals surface area contributed by atoms with Gasteiger partial charge in [0.15, 0.2) is 9.84 Å². The molecule has 0 atom stereocenters. The lowest BCUT2D eigenvalue weighted by Gasteiger charge is -2.13. The molecule has 11 heteroatoms. The summed E-state index contributed by atoms with van der Waals surface area (Å²) in [6, 6.07) is 12.3. The molecule has 0 fully saturated rings. The van der Waals surface area contributed by atoms with E-state index >= 15 is 0 Å². The van der Waals surface area contributed by atoms with Gasteiger partial charge < -0.3 is 10.6 Å². The number of primary sulfonamides is 1. The molecule has 0 aliphatic rings. The van der Waals surface area contributed by atoms with Crippen molar-refractivity contribution in [1.29, 1.82) is 0 Å². The minimum Gasteiger partial charge on any atom is -0.340 e. The van der Waals surface area contributed by atoms with Crippen LogP contribution in [0.15, 0.2) is 53.6 Å². The summed E-state index contributed by atoms with van der Waals surface area (Å²) >= 11 is 0. The Labute approximate surface area is 200 Å². The van der Waals surface area contributed by atoms with E-state index in [2.05, 4.69) is 20.6 Å². The standard InChI is InChI=1S/C23H29N5O4S2/c1-4-11-33(29,30)12-10-18-6-5-7-19(13-18)26-22-17(3)15-25-23(28-22)27-20-9-8-16(2)21(14-20)34(24,31)32/h5-9,13-15H,4,10-12H2,1-3H3,(H2,24,31,32)(H2,25,26,27,28). The zero-order chi connectivity index (χ0) is 24.9. The minimum absolute atomic E-state index is 0.0285. The molecule has 34 heavy (non-hydrogen) atoms. The number of hydrogen-bond acceptors (Lipinski definition) is 8. The molecule has 4 N–H and O–H groups in total. The molecule has 1 aromatic heterocycles. The van der Waals surface area contributed by atoms with Crippen molar-refractivity contribution >= 4 is 43.0 Å². The van der Waals surface area contributed by atoms with E-state index in [1.165, 1.54) is 6.07 Å². The summed E-state index contributed by atoms with van der Waals surface area (Å²) in [4.78, 5) is 8.81. The van der Waals surface area contributed by atoms with Crippen LogP contribution in [0.1, 0.15) is 30.0 Å². The largest absolute Gasteiger partial charge is 0.340 e. The Balaban J connectivity index is 1.78. The number of rotatable bonds is 10. The van der Waals surface area contributed by atoms with Gasteiger partial charge in [-0.2, -0.15) is 4.98 Å². The predicted molar refractivity (Wildman–Crippen MR) is 135 cm³/mol. The lowest BCUT2D eigenvalue weighted by Crippen LogP contribution is -2.14. The molecular weight excluding hydrogens is 474 g/mol. The first-order valence-electron chi connectivity index (χ1n) is 10.8. The molecule has 0 unspecified atom stereocenters. The number of sulfone groups is 1. The summed E-state index contributed by atoms with van der Waals surface area (Å²) < 4.78 is 47.6. The Morgan fingerprint density at radius 2 is 1.65 bits per heavy atom. The van der Waals surface area contributed by atoms with Crippen LogP contribution in [0.2, 0.25) is 0 Å². The molecule has 0 saturated carbocycles. The number of aromatic nitrogens is 2. The monoisotopic (exact) mass is 503 g/mol. The third-order valence-electron chi connectivity index (χ3n) is 5.13. The normalized spacial score (nSPS) is 11.9. The Morgan fingerprint density at radius 3 is 2.35 bits per heavy atom. The Kier molecular flexibility index (Phi) is 7.90. The molecule has 0 amide bonds. The maximum absolute atomic E-state index is 12.0. The van der Waals surface area contributed by atoms with E-state index in [1.807, 2.05) is 38.1 Å². The highest BCUT2D eigenvalue weighted by molar-refractivity contribution is 7.91. The third kappa shape index (κ3) is 6.99. The molecule has 3 aromatic rings. The minimum atomic E-state index is -3.86. The molecule has 0 spiro atoms. The molecule has 2 aromatic carbocycles. The van der Waals surface area contributed by atoms with Gasteiger partial charge in [-0.15, -0.1) is 0 Å². The topological polar surface area (TPSA) is 144 Å². The number of nitrogens with two attached hydrogens (primary N) is 1. The summed E-state index contributed by atoms with van der Waals surface area (Å²) in [6.07, 6.45) is 2.69. The van der Waals surface area contributed by atoms with Gasteiger partial charge in [0.2, 0.25) is 16.0 Å². The molecule has 0 aliphatic heterocycles. The average molecular weight is 504 g/mol. The average Bonchev–Trinajstić information content (AvgIpc) is 2.75. The summed E-state index contributed by atoms with van der Waals surface area (Å²) in [5, 5.41) is 11.5. The van der Waals surface area contributed by atoms with Crippen LogP contribution in [-0.4, -0.2) is 38.3 Å². The number of aryl methyl sites for hydroxylation is 3. The van der Waals surface area contributed by atoms with Gasteiger partial charge in [-0.05, 0) is 62.1 Å². The van der Waals surface area contributed by atoms with Gasteiger partial charge >= 0.3 is 0 Å². The molecule has 0 aliphatic carbocycles. The highest BCUT2D eigenvalue weighted by Gasteiger charge is 2.13. The van der Waals surface area contributed by atoms with Crippen molar-refractivity contribution in [2.75, 3.05) is 22.1 Å². The predicted octanol–water partition coefficient (Wildman–Crippen LogP) is 3.60. The van der Waals surface area contributed by atoms with Gasteiger partial charge in [0.25, 0.3) is 0 Å². The van der Waals surface area contributed by atoms with E-state index in [4.69, 9.17) is 5.14 Å². The fraction of sp³-hybridized carbons (Fsp3) is 0.304. The molecule has 0 bridgehead atoms. The zero-order valence-corrected chi connectivity index (χ0v) is 21.0. The second kappa shape index (κ2) is 10.5.